The maximum absolute atomic E-state index is 13.8. The molecule has 1 aliphatic rings. The van der Waals surface area contributed by atoms with Crippen molar-refractivity contribution in [1.29, 1.82) is 0 Å². The summed E-state index contributed by atoms with van der Waals surface area (Å²) in [5.41, 5.74) is 4.11. The van der Waals surface area contributed by atoms with E-state index in [4.69, 9.17) is 4.98 Å². The third-order valence-corrected chi connectivity index (χ3v) is 8.68. The average molecular weight is 588 g/mol. The number of amides is 1. The number of hydrogen-bond donors (Lipinski definition) is 2. The van der Waals surface area contributed by atoms with Crippen LogP contribution in [0.2, 0.25) is 0 Å². The van der Waals surface area contributed by atoms with Crippen LogP contribution in [0.15, 0.2) is 42.5 Å². The van der Waals surface area contributed by atoms with Gasteiger partial charge in [-0.05, 0) is 112 Å². The minimum Gasteiger partial charge on any atom is -0.339 e. The average Bonchev–Trinajstić information content (AvgIpc) is 3.33. The number of nitrogens with zero attached hydrogens (tertiary/aromatic N) is 3. The van der Waals surface area contributed by atoms with Crippen LogP contribution in [0.25, 0.3) is 11.0 Å². The highest BCUT2D eigenvalue weighted by Crippen LogP contribution is 2.26. The zero-order valence-corrected chi connectivity index (χ0v) is 27.1. The third kappa shape index (κ3) is 9.65. The maximum atomic E-state index is 13.8. The Morgan fingerprint density at radius 3 is 2.21 bits per heavy atom. The summed E-state index contributed by atoms with van der Waals surface area (Å²) in [5.74, 6) is 2.79. The number of rotatable bonds is 16. The fourth-order valence-corrected chi connectivity index (χ4v) is 5.88. The molecule has 7 nitrogen and oxygen atoms in total. The van der Waals surface area contributed by atoms with Crippen LogP contribution < -0.4 is 10.6 Å². The Morgan fingerprint density at radius 2 is 1.58 bits per heavy atom. The van der Waals surface area contributed by atoms with Crippen LogP contribution in [-0.4, -0.2) is 52.3 Å². The smallest absolute Gasteiger partial charge is 0.253 e. The topological polar surface area (TPSA) is 79.3 Å². The van der Waals surface area contributed by atoms with Crippen molar-refractivity contribution in [3.63, 3.8) is 0 Å². The Bertz CT molecular complexity index is 1310. The Hall–Kier alpha value is -3.19. The van der Waals surface area contributed by atoms with Gasteiger partial charge in [-0.15, -0.1) is 0 Å². The lowest BCUT2D eigenvalue weighted by atomic mass is 9.89. The van der Waals surface area contributed by atoms with Gasteiger partial charge in [0.1, 0.15) is 0 Å². The fraction of sp³-hybridized carbons (Fsp3) is 0.583. The van der Waals surface area contributed by atoms with Crippen molar-refractivity contribution in [2.24, 2.45) is 17.8 Å². The van der Waals surface area contributed by atoms with E-state index in [1.165, 1.54) is 32.1 Å². The van der Waals surface area contributed by atoms with E-state index in [0.29, 0.717) is 23.0 Å². The van der Waals surface area contributed by atoms with E-state index in [1.807, 2.05) is 47.4 Å². The predicted molar refractivity (Wildman–Crippen MR) is 178 cm³/mol. The van der Waals surface area contributed by atoms with Gasteiger partial charge in [0.2, 0.25) is 5.95 Å². The molecule has 0 atom stereocenters. The molecule has 0 aliphatic heterocycles. The van der Waals surface area contributed by atoms with E-state index in [-0.39, 0.29) is 11.7 Å². The van der Waals surface area contributed by atoms with Gasteiger partial charge < -0.3 is 20.1 Å². The molecule has 234 valence electrons. The summed E-state index contributed by atoms with van der Waals surface area (Å²) >= 11 is 0. The van der Waals surface area contributed by atoms with Gasteiger partial charge in [-0.25, -0.2) is 4.98 Å². The highest BCUT2D eigenvalue weighted by molar-refractivity contribution is 5.98. The van der Waals surface area contributed by atoms with Crippen molar-refractivity contribution in [3.8, 4) is 0 Å². The van der Waals surface area contributed by atoms with Gasteiger partial charge in [-0.3, -0.25) is 9.59 Å². The van der Waals surface area contributed by atoms with Crippen molar-refractivity contribution >= 4 is 34.4 Å². The number of anilines is 2. The Morgan fingerprint density at radius 1 is 0.930 bits per heavy atom. The van der Waals surface area contributed by atoms with Gasteiger partial charge in [-0.1, -0.05) is 47.0 Å². The lowest BCUT2D eigenvalue weighted by Gasteiger charge is -2.25. The number of aryl methyl sites for hydroxylation is 1. The molecule has 4 rings (SSSR count). The summed E-state index contributed by atoms with van der Waals surface area (Å²) in [7, 11) is 0. The monoisotopic (exact) mass is 587 g/mol. The summed E-state index contributed by atoms with van der Waals surface area (Å²) in [5, 5.41) is 7.18. The molecule has 1 amide bonds. The largest absolute Gasteiger partial charge is 0.339 e. The molecule has 7 heteroatoms. The first-order valence-electron chi connectivity index (χ1n) is 16.6. The fourth-order valence-electron chi connectivity index (χ4n) is 5.88. The lowest BCUT2D eigenvalue weighted by Crippen LogP contribution is -2.34. The van der Waals surface area contributed by atoms with Crippen LogP contribution in [0.3, 0.4) is 0 Å². The molecular weight excluding hydrogens is 534 g/mol. The first kappa shape index (κ1) is 32.7. The summed E-state index contributed by atoms with van der Waals surface area (Å²) in [6.07, 6.45) is 9.75. The number of imidazole rings is 1. The Kier molecular flexibility index (Phi) is 12.2. The minimum atomic E-state index is 0.0487. The summed E-state index contributed by atoms with van der Waals surface area (Å²) in [6.45, 7) is 14.8. The molecule has 1 aliphatic carbocycles. The minimum absolute atomic E-state index is 0.0487. The van der Waals surface area contributed by atoms with E-state index >= 15 is 0 Å². The number of carbonyl (C=O) groups is 2. The number of Topliss-reactive ketones (excluding diaryl/α,β-unsaturated/α-hetero) is 1. The van der Waals surface area contributed by atoms with E-state index in [9.17, 15) is 9.59 Å². The molecule has 0 saturated heterocycles. The molecule has 0 spiro atoms. The van der Waals surface area contributed by atoms with Gasteiger partial charge in [0, 0.05) is 36.4 Å². The first-order chi connectivity index (χ1) is 20.7. The molecule has 43 heavy (non-hydrogen) atoms. The van der Waals surface area contributed by atoms with Gasteiger partial charge in [0.25, 0.3) is 5.91 Å². The third-order valence-electron chi connectivity index (χ3n) is 8.68. The predicted octanol–water partition coefficient (Wildman–Crippen LogP) is 8.08. The number of benzene rings is 2. The Labute approximate surface area is 258 Å². The van der Waals surface area contributed by atoms with Crippen LogP contribution in [0.4, 0.5) is 11.6 Å². The molecule has 0 unspecified atom stereocenters. The standard InChI is InChI=1S/C36H53N5O2/c1-26(2)18-22-40(23-19-27(3)4)35(43)31-14-17-33-34(24-31)41(21-9-20-37-25-29-10-7-6-8-11-29)36(39-33)38-32-15-12-30(13-16-32)28(5)42/h12-17,24,26-27,29,37H,6-11,18-23,25H2,1-5H3,(H,38,39). The van der Waals surface area contributed by atoms with Crippen LogP contribution in [0.1, 0.15) is 107 Å². The van der Waals surface area contributed by atoms with Crippen LogP contribution in [0, 0.1) is 17.8 Å². The van der Waals surface area contributed by atoms with Crippen molar-refractivity contribution in [2.45, 2.75) is 92.5 Å². The molecule has 1 aromatic heterocycles. The second-order valence-electron chi connectivity index (χ2n) is 13.3. The van der Waals surface area contributed by atoms with Gasteiger partial charge in [0.05, 0.1) is 11.0 Å². The van der Waals surface area contributed by atoms with Crippen molar-refractivity contribution in [1.82, 2.24) is 19.8 Å². The maximum Gasteiger partial charge on any atom is 0.253 e. The highest BCUT2D eigenvalue weighted by Gasteiger charge is 2.20. The number of hydrogen-bond acceptors (Lipinski definition) is 5. The van der Waals surface area contributed by atoms with E-state index in [1.54, 1.807) is 6.92 Å². The molecule has 0 radical (unpaired) electrons. The second-order valence-corrected chi connectivity index (χ2v) is 13.3. The Balaban J connectivity index is 1.56. The van der Waals surface area contributed by atoms with Crippen LogP contribution in [0.5, 0.6) is 0 Å². The number of ketones is 1. The molecular formula is C36H53N5O2. The number of carbonyl (C=O) groups excluding carboxylic acids is 2. The van der Waals surface area contributed by atoms with Crippen molar-refractivity contribution in [3.05, 3.63) is 53.6 Å². The second kappa shape index (κ2) is 16.0. The number of nitrogens with one attached hydrogen (secondary N) is 2. The van der Waals surface area contributed by atoms with E-state index in [0.717, 1.165) is 80.6 Å². The lowest BCUT2D eigenvalue weighted by molar-refractivity contribution is 0.0740. The molecule has 1 fully saturated rings. The van der Waals surface area contributed by atoms with Gasteiger partial charge >= 0.3 is 0 Å². The quantitative estimate of drug-likeness (QED) is 0.131. The van der Waals surface area contributed by atoms with Crippen LogP contribution >= 0.6 is 0 Å². The number of fused-ring (bicyclic) bond motifs is 1. The van der Waals surface area contributed by atoms with Gasteiger partial charge in [0.15, 0.2) is 5.78 Å². The molecule has 3 aromatic rings. The highest BCUT2D eigenvalue weighted by atomic mass is 16.2. The molecule has 0 bridgehead atoms. The van der Waals surface area contributed by atoms with Crippen LogP contribution in [-0.2, 0) is 6.54 Å². The zero-order valence-electron chi connectivity index (χ0n) is 27.1. The molecule has 2 N–H and O–H groups in total. The SMILES string of the molecule is CC(=O)c1ccc(Nc2nc3ccc(C(=O)N(CCC(C)C)CCC(C)C)cc3n2CCCNCC2CCCCC2)cc1. The van der Waals surface area contributed by atoms with Crippen molar-refractivity contribution < 1.29 is 9.59 Å². The summed E-state index contributed by atoms with van der Waals surface area (Å²) in [4.78, 5) is 32.5. The zero-order chi connectivity index (χ0) is 30.8. The van der Waals surface area contributed by atoms with E-state index in [2.05, 4.69) is 42.9 Å². The summed E-state index contributed by atoms with van der Waals surface area (Å²) < 4.78 is 2.21. The van der Waals surface area contributed by atoms with E-state index < -0.39 is 0 Å². The normalized spacial score (nSPS) is 14.1. The van der Waals surface area contributed by atoms with Gasteiger partial charge in [-0.2, -0.15) is 0 Å². The molecule has 2 aromatic carbocycles. The van der Waals surface area contributed by atoms with Crippen molar-refractivity contribution in [2.75, 3.05) is 31.5 Å². The number of aromatic nitrogens is 2. The first-order valence-corrected chi connectivity index (χ1v) is 16.6. The molecule has 1 heterocycles. The summed E-state index contributed by atoms with van der Waals surface area (Å²) in [6, 6.07) is 13.5. The molecule has 1 saturated carbocycles.